The Kier molecular flexibility index (Phi) is 7.68. The lowest BCUT2D eigenvalue weighted by molar-refractivity contribution is 0.0693. The van der Waals surface area contributed by atoms with Gasteiger partial charge in [0.15, 0.2) is 0 Å². The molecule has 39 heavy (non-hydrogen) atoms. The summed E-state index contributed by atoms with van der Waals surface area (Å²) < 4.78 is 0. The highest BCUT2D eigenvalue weighted by Crippen LogP contribution is 2.49. The molecule has 0 spiro atoms. The first-order valence-corrected chi connectivity index (χ1v) is 13.2. The van der Waals surface area contributed by atoms with Gasteiger partial charge in [0.25, 0.3) is 0 Å². The number of aromatic hydroxyl groups is 1. The average Bonchev–Trinajstić information content (AvgIpc) is 2.88. The fourth-order valence-electron chi connectivity index (χ4n) is 5.24. The van der Waals surface area contributed by atoms with Crippen LogP contribution in [0.3, 0.4) is 0 Å². The number of nitrogens with one attached hydrogen (secondary N) is 1. The molecule has 4 N–H and O–H groups in total. The van der Waals surface area contributed by atoms with Gasteiger partial charge in [-0.25, -0.2) is 4.79 Å². The van der Waals surface area contributed by atoms with Crippen LogP contribution in [-0.2, 0) is 17.4 Å². The van der Waals surface area contributed by atoms with Gasteiger partial charge in [-0.05, 0) is 82.3 Å². The van der Waals surface area contributed by atoms with E-state index in [2.05, 4.69) is 80.1 Å². The number of rotatable bonds is 6. The number of carbonyl (C=O) groups is 1. The number of nitrogens with zero attached hydrogens (tertiary/aromatic N) is 1. The number of aromatic carboxylic acids is 1. The van der Waals surface area contributed by atoms with E-state index >= 15 is 0 Å². The molecule has 3 aromatic carbocycles. The standard InChI is InChI=1S/C33H38N2O4/c1-32(2)15-16-33(3,4)30-26(32)18-23(19-27(30)34-20-22-7-11-24(12-8-22)35(5)6)28(36)14-10-21-9-13-25(31(38)39)29(37)17-21/h7-9,11-13,17-19,28,34,36-37H,15-16,20H2,1-6H3,(H,38,39). The summed E-state index contributed by atoms with van der Waals surface area (Å²) in [6, 6.07) is 16.7. The molecule has 0 amide bonds. The third kappa shape index (κ3) is 6.05. The molecule has 3 aromatic rings. The lowest BCUT2D eigenvalue weighted by atomic mass is 9.62. The highest BCUT2D eigenvalue weighted by Gasteiger charge is 2.39. The summed E-state index contributed by atoms with van der Waals surface area (Å²) in [5.41, 5.74) is 6.66. The molecule has 0 heterocycles. The highest BCUT2D eigenvalue weighted by molar-refractivity contribution is 5.90. The van der Waals surface area contributed by atoms with Crippen molar-refractivity contribution in [3.63, 3.8) is 0 Å². The fraction of sp³-hybridized carbons (Fsp3) is 0.364. The van der Waals surface area contributed by atoms with Gasteiger partial charge >= 0.3 is 5.97 Å². The van der Waals surface area contributed by atoms with Crippen LogP contribution in [0, 0.1) is 11.8 Å². The highest BCUT2D eigenvalue weighted by atomic mass is 16.4. The van der Waals surface area contributed by atoms with Crippen molar-refractivity contribution in [2.75, 3.05) is 24.3 Å². The molecule has 0 fully saturated rings. The molecule has 0 saturated heterocycles. The Labute approximate surface area is 231 Å². The molecule has 6 heteroatoms. The van der Waals surface area contributed by atoms with Gasteiger partial charge in [0, 0.05) is 37.6 Å². The van der Waals surface area contributed by atoms with Gasteiger partial charge in [0.05, 0.1) is 0 Å². The number of fused-ring (bicyclic) bond motifs is 1. The molecule has 0 aliphatic heterocycles. The zero-order chi connectivity index (χ0) is 28.5. The van der Waals surface area contributed by atoms with Crippen LogP contribution in [0.15, 0.2) is 54.6 Å². The SMILES string of the molecule is CN(C)c1ccc(CNc2cc(C(O)C#Cc3ccc(C(=O)O)c(O)c3)cc3c2C(C)(C)CCC3(C)C)cc1. The molecule has 1 unspecified atom stereocenters. The second kappa shape index (κ2) is 10.7. The first-order valence-electron chi connectivity index (χ1n) is 13.2. The summed E-state index contributed by atoms with van der Waals surface area (Å²) in [6.45, 7) is 9.71. The molecule has 6 nitrogen and oxygen atoms in total. The molecule has 0 bridgehead atoms. The molecule has 204 valence electrons. The summed E-state index contributed by atoms with van der Waals surface area (Å²) >= 11 is 0. The Morgan fingerprint density at radius 3 is 2.28 bits per heavy atom. The Hall–Kier alpha value is -3.95. The van der Waals surface area contributed by atoms with Crippen LogP contribution in [-0.4, -0.2) is 35.4 Å². The molecule has 1 aliphatic rings. The number of hydrogen-bond acceptors (Lipinski definition) is 5. The predicted octanol–water partition coefficient (Wildman–Crippen LogP) is 6.20. The van der Waals surface area contributed by atoms with Crippen LogP contribution >= 0.6 is 0 Å². The molecule has 1 aliphatic carbocycles. The van der Waals surface area contributed by atoms with E-state index in [1.807, 2.05) is 20.2 Å². The van der Waals surface area contributed by atoms with E-state index in [-0.39, 0.29) is 22.1 Å². The predicted molar refractivity (Wildman–Crippen MR) is 157 cm³/mol. The van der Waals surface area contributed by atoms with Crippen molar-refractivity contribution < 1.29 is 20.1 Å². The molecule has 1 atom stereocenters. The van der Waals surface area contributed by atoms with E-state index in [9.17, 15) is 15.0 Å². The van der Waals surface area contributed by atoms with Crippen molar-refractivity contribution in [2.24, 2.45) is 0 Å². The number of aliphatic hydroxyl groups is 1. The molecular weight excluding hydrogens is 488 g/mol. The van der Waals surface area contributed by atoms with E-state index in [0.29, 0.717) is 17.7 Å². The van der Waals surface area contributed by atoms with Gasteiger partial charge < -0.3 is 25.5 Å². The zero-order valence-electron chi connectivity index (χ0n) is 23.6. The minimum absolute atomic E-state index is 0.0272. The monoisotopic (exact) mass is 526 g/mol. The van der Waals surface area contributed by atoms with Gasteiger partial charge in [-0.2, -0.15) is 0 Å². The number of phenols is 1. The molecular formula is C33H38N2O4. The van der Waals surface area contributed by atoms with Crippen molar-refractivity contribution in [1.82, 2.24) is 0 Å². The van der Waals surface area contributed by atoms with Gasteiger partial charge in [-0.3, -0.25) is 0 Å². The fourth-order valence-corrected chi connectivity index (χ4v) is 5.24. The van der Waals surface area contributed by atoms with Crippen LogP contribution in [0.2, 0.25) is 0 Å². The number of anilines is 2. The van der Waals surface area contributed by atoms with Crippen LogP contribution in [0.5, 0.6) is 5.75 Å². The van der Waals surface area contributed by atoms with Crippen molar-refractivity contribution >= 4 is 17.3 Å². The number of hydrogen-bond donors (Lipinski definition) is 4. The van der Waals surface area contributed by atoms with Gasteiger partial charge in [0.1, 0.15) is 17.4 Å². The summed E-state index contributed by atoms with van der Waals surface area (Å²) in [5, 5.41) is 33.9. The Balaban J connectivity index is 1.70. The number of carboxylic acids is 1. The first kappa shape index (κ1) is 28.1. The minimum Gasteiger partial charge on any atom is -0.507 e. The smallest absolute Gasteiger partial charge is 0.339 e. The van der Waals surface area contributed by atoms with Crippen molar-refractivity contribution in [3.05, 3.63) is 88.0 Å². The van der Waals surface area contributed by atoms with E-state index in [0.717, 1.165) is 29.8 Å². The van der Waals surface area contributed by atoms with Crippen LogP contribution in [0.1, 0.15) is 84.8 Å². The molecule has 0 aromatic heterocycles. The van der Waals surface area contributed by atoms with Gasteiger partial charge in [-0.1, -0.05) is 57.7 Å². The quantitative estimate of drug-likeness (QED) is 0.286. The lowest BCUT2D eigenvalue weighted by Crippen LogP contribution is -2.35. The Morgan fingerprint density at radius 1 is 1.00 bits per heavy atom. The average molecular weight is 527 g/mol. The lowest BCUT2D eigenvalue weighted by Gasteiger charge is -2.43. The third-order valence-corrected chi connectivity index (χ3v) is 7.77. The number of aliphatic hydroxyl groups excluding tert-OH is 1. The van der Waals surface area contributed by atoms with Crippen molar-refractivity contribution in [1.29, 1.82) is 0 Å². The van der Waals surface area contributed by atoms with Gasteiger partial charge in [-0.15, -0.1) is 0 Å². The van der Waals surface area contributed by atoms with Crippen molar-refractivity contribution in [2.45, 2.75) is 64.0 Å². The maximum atomic E-state index is 11.2. The minimum atomic E-state index is -1.21. The third-order valence-electron chi connectivity index (χ3n) is 7.77. The van der Waals surface area contributed by atoms with E-state index < -0.39 is 12.1 Å². The normalized spacial score (nSPS) is 15.9. The molecule has 4 rings (SSSR count). The summed E-state index contributed by atoms with van der Waals surface area (Å²) in [4.78, 5) is 13.2. The second-order valence-corrected chi connectivity index (χ2v) is 11.9. The maximum absolute atomic E-state index is 11.2. The van der Waals surface area contributed by atoms with E-state index in [4.69, 9.17) is 5.11 Å². The number of carboxylic acid groups (broad SMARTS) is 1. The topological polar surface area (TPSA) is 93.0 Å². The van der Waals surface area contributed by atoms with Crippen molar-refractivity contribution in [3.8, 4) is 17.6 Å². The first-order chi connectivity index (χ1) is 18.3. The van der Waals surface area contributed by atoms with E-state index in [1.54, 1.807) is 0 Å². The largest absolute Gasteiger partial charge is 0.507 e. The Bertz CT molecular complexity index is 1440. The van der Waals surface area contributed by atoms with Crippen LogP contribution in [0.25, 0.3) is 0 Å². The number of benzene rings is 3. The summed E-state index contributed by atoms with van der Waals surface area (Å²) in [5.74, 6) is 4.20. The van der Waals surface area contributed by atoms with Crippen LogP contribution in [0.4, 0.5) is 11.4 Å². The molecule has 0 radical (unpaired) electrons. The van der Waals surface area contributed by atoms with Gasteiger partial charge in [0.2, 0.25) is 0 Å². The second-order valence-electron chi connectivity index (χ2n) is 11.9. The summed E-state index contributed by atoms with van der Waals surface area (Å²) in [7, 11) is 4.05. The summed E-state index contributed by atoms with van der Waals surface area (Å²) in [6.07, 6.45) is 1.05. The Morgan fingerprint density at radius 2 is 1.67 bits per heavy atom. The van der Waals surface area contributed by atoms with Crippen LogP contribution < -0.4 is 10.2 Å². The zero-order valence-corrected chi connectivity index (χ0v) is 23.6. The molecule has 0 saturated carbocycles. The van der Waals surface area contributed by atoms with E-state index in [1.165, 1.54) is 29.3 Å². The maximum Gasteiger partial charge on any atom is 0.339 e.